The molecule has 1 unspecified atom stereocenters. The van der Waals surface area contributed by atoms with Gasteiger partial charge in [-0.1, -0.05) is 26.8 Å². The number of Topliss-reactive ketones (excluding diaryl/α,β-unsaturated/α-hetero) is 1. The lowest BCUT2D eigenvalue weighted by atomic mass is 9.85. The lowest BCUT2D eigenvalue weighted by molar-refractivity contribution is -0.120. The standard InChI is InChI=1S/C12H20O/c1-9(2)10(3)12(13)11-7-5-4-6-8-11/h7,9-10H,4-6,8H2,1-3H3. The molecule has 0 heterocycles. The lowest BCUT2D eigenvalue weighted by Crippen LogP contribution is -2.19. The second-order valence-electron chi connectivity index (χ2n) is 4.37. The molecule has 0 fully saturated rings. The number of hydrogen-bond acceptors (Lipinski definition) is 1. The summed E-state index contributed by atoms with van der Waals surface area (Å²) in [5.74, 6) is 1.05. The number of rotatable bonds is 3. The van der Waals surface area contributed by atoms with Gasteiger partial charge in [-0.3, -0.25) is 4.79 Å². The summed E-state index contributed by atoms with van der Waals surface area (Å²) in [6, 6.07) is 0. The van der Waals surface area contributed by atoms with Gasteiger partial charge in [0.1, 0.15) is 0 Å². The quantitative estimate of drug-likeness (QED) is 0.651. The highest BCUT2D eigenvalue weighted by Gasteiger charge is 2.20. The third kappa shape index (κ3) is 2.68. The first kappa shape index (κ1) is 10.5. The molecule has 0 saturated carbocycles. The molecule has 0 aliphatic heterocycles. The predicted molar refractivity (Wildman–Crippen MR) is 55.6 cm³/mol. The Morgan fingerprint density at radius 1 is 1.31 bits per heavy atom. The van der Waals surface area contributed by atoms with Crippen LogP contribution in [0.25, 0.3) is 0 Å². The molecule has 0 bridgehead atoms. The van der Waals surface area contributed by atoms with Crippen molar-refractivity contribution in [3.8, 4) is 0 Å². The van der Waals surface area contributed by atoms with E-state index in [2.05, 4.69) is 19.9 Å². The summed E-state index contributed by atoms with van der Waals surface area (Å²) in [6.07, 6.45) is 6.71. The molecule has 0 spiro atoms. The normalized spacial score (nSPS) is 19.8. The molecule has 1 aliphatic rings. The largest absolute Gasteiger partial charge is 0.294 e. The van der Waals surface area contributed by atoms with Crippen LogP contribution in [0.1, 0.15) is 46.5 Å². The first-order chi connectivity index (χ1) is 6.13. The number of hydrogen-bond donors (Lipinski definition) is 0. The lowest BCUT2D eigenvalue weighted by Gasteiger charge is -2.18. The van der Waals surface area contributed by atoms with Gasteiger partial charge in [0.25, 0.3) is 0 Å². The van der Waals surface area contributed by atoms with Crippen LogP contribution in [-0.2, 0) is 4.79 Å². The monoisotopic (exact) mass is 180 g/mol. The van der Waals surface area contributed by atoms with Gasteiger partial charge in [-0.05, 0) is 37.2 Å². The van der Waals surface area contributed by atoms with Gasteiger partial charge in [0, 0.05) is 5.92 Å². The second-order valence-corrected chi connectivity index (χ2v) is 4.37. The van der Waals surface area contributed by atoms with E-state index in [0.29, 0.717) is 11.7 Å². The molecular weight excluding hydrogens is 160 g/mol. The second kappa shape index (κ2) is 4.59. The molecule has 13 heavy (non-hydrogen) atoms. The average molecular weight is 180 g/mol. The van der Waals surface area contributed by atoms with Crippen molar-refractivity contribution in [2.24, 2.45) is 11.8 Å². The van der Waals surface area contributed by atoms with Crippen molar-refractivity contribution in [3.05, 3.63) is 11.6 Å². The van der Waals surface area contributed by atoms with Crippen molar-refractivity contribution < 1.29 is 4.79 Å². The highest BCUT2D eigenvalue weighted by Crippen LogP contribution is 2.23. The SMILES string of the molecule is CC(C)C(C)C(=O)C1=CCCCC1. The van der Waals surface area contributed by atoms with E-state index < -0.39 is 0 Å². The molecule has 1 heteroatoms. The van der Waals surface area contributed by atoms with E-state index in [1.807, 2.05) is 6.92 Å². The van der Waals surface area contributed by atoms with Crippen LogP contribution in [0.5, 0.6) is 0 Å². The Balaban J connectivity index is 2.60. The summed E-state index contributed by atoms with van der Waals surface area (Å²) in [7, 11) is 0. The molecule has 0 saturated heterocycles. The summed E-state index contributed by atoms with van der Waals surface area (Å²) in [5.41, 5.74) is 1.09. The van der Waals surface area contributed by atoms with Crippen molar-refractivity contribution in [1.29, 1.82) is 0 Å². The Bertz CT molecular complexity index is 213. The summed E-state index contributed by atoms with van der Waals surface area (Å²) in [4.78, 5) is 11.9. The maximum Gasteiger partial charge on any atom is 0.161 e. The number of allylic oxidation sites excluding steroid dienone is 2. The van der Waals surface area contributed by atoms with Crippen LogP contribution in [0.4, 0.5) is 0 Å². The zero-order valence-corrected chi connectivity index (χ0v) is 8.97. The third-order valence-corrected chi connectivity index (χ3v) is 3.02. The first-order valence-electron chi connectivity index (χ1n) is 5.36. The molecule has 74 valence electrons. The summed E-state index contributed by atoms with van der Waals surface area (Å²) in [5, 5.41) is 0. The third-order valence-electron chi connectivity index (χ3n) is 3.02. The minimum atomic E-state index is 0.198. The van der Waals surface area contributed by atoms with E-state index in [9.17, 15) is 4.79 Å². The Morgan fingerprint density at radius 2 is 2.00 bits per heavy atom. The Hall–Kier alpha value is -0.590. The molecular formula is C12H20O. The van der Waals surface area contributed by atoms with Gasteiger partial charge in [0.05, 0.1) is 0 Å². The first-order valence-corrected chi connectivity index (χ1v) is 5.36. The van der Waals surface area contributed by atoms with Crippen molar-refractivity contribution in [2.75, 3.05) is 0 Å². The fourth-order valence-corrected chi connectivity index (χ4v) is 1.66. The van der Waals surface area contributed by atoms with E-state index in [0.717, 1.165) is 18.4 Å². The van der Waals surface area contributed by atoms with Crippen LogP contribution in [0.2, 0.25) is 0 Å². The minimum absolute atomic E-state index is 0.198. The summed E-state index contributed by atoms with van der Waals surface area (Å²) in [6.45, 7) is 6.28. The molecule has 1 rings (SSSR count). The van der Waals surface area contributed by atoms with Crippen LogP contribution in [0, 0.1) is 11.8 Å². The van der Waals surface area contributed by atoms with Crippen molar-refractivity contribution in [1.82, 2.24) is 0 Å². The van der Waals surface area contributed by atoms with Crippen LogP contribution >= 0.6 is 0 Å². The van der Waals surface area contributed by atoms with E-state index in [1.165, 1.54) is 12.8 Å². The highest BCUT2D eigenvalue weighted by molar-refractivity contribution is 5.97. The van der Waals surface area contributed by atoms with Gasteiger partial charge in [-0.25, -0.2) is 0 Å². The van der Waals surface area contributed by atoms with Crippen LogP contribution in [0.15, 0.2) is 11.6 Å². The van der Waals surface area contributed by atoms with E-state index in [1.54, 1.807) is 0 Å². The maximum atomic E-state index is 11.9. The summed E-state index contributed by atoms with van der Waals surface area (Å²) >= 11 is 0. The molecule has 1 aliphatic carbocycles. The van der Waals surface area contributed by atoms with Gasteiger partial charge in [0.2, 0.25) is 0 Å². The molecule has 0 radical (unpaired) electrons. The maximum absolute atomic E-state index is 11.9. The van der Waals surface area contributed by atoms with Crippen LogP contribution in [-0.4, -0.2) is 5.78 Å². The highest BCUT2D eigenvalue weighted by atomic mass is 16.1. The Labute approximate surface area is 81.2 Å². The molecule has 0 aromatic rings. The molecule has 0 aromatic carbocycles. The number of ketones is 1. The average Bonchev–Trinajstić information content (AvgIpc) is 2.17. The van der Waals surface area contributed by atoms with Crippen molar-refractivity contribution in [3.63, 3.8) is 0 Å². The number of carbonyl (C=O) groups is 1. The fourth-order valence-electron chi connectivity index (χ4n) is 1.66. The minimum Gasteiger partial charge on any atom is -0.294 e. The fraction of sp³-hybridized carbons (Fsp3) is 0.750. The van der Waals surface area contributed by atoms with Gasteiger partial charge >= 0.3 is 0 Å². The van der Waals surface area contributed by atoms with Gasteiger partial charge in [0.15, 0.2) is 5.78 Å². The smallest absolute Gasteiger partial charge is 0.161 e. The van der Waals surface area contributed by atoms with Crippen LogP contribution in [0.3, 0.4) is 0 Å². The van der Waals surface area contributed by atoms with Crippen LogP contribution < -0.4 is 0 Å². The molecule has 1 atom stereocenters. The molecule has 0 amide bonds. The molecule has 1 nitrogen and oxygen atoms in total. The van der Waals surface area contributed by atoms with Crippen molar-refractivity contribution in [2.45, 2.75) is 46.5 Å². The van der Waals surface area contributed by atoms with Gasteiger partial charge in [-0.2, -0.15) is 0 Å². The molecule has 0 N–H and O–H groups in total. The van der Waals surface area contributed by atoms with Crippen molar-refractivity contribution >= 4 is 5.78 Å². The zero-order chi connectivity index (χ0) is 9.84. The topological polar surface area (TPSA) is 17.1 Å². The van der Waals surface area contributed by atoms with Gasteiger partial charge < -0.3 is 0 Å². The summed E-state index contributed by atoms with van der Waals surface area (Å²) < 4.78 is 0. The van der Waals surface area contributed by atoms with E-state index in [-0.39, 0.29) is 5.92 Å². The van der Waals surface area contributed by atoms with E-state index in [4.69, 9.17) is 0 Å². The van der Waals surface area contributed by atoms with Gasteiger partial charge in [-0.15, -0.1) is 0 Å². The van der Waals surface area contributed by atoms with E-state index >= 15 is 0 Å². The molecule has 0 aromatic heterocycles. The Kier molecular flexibility index (Phi) is 3.71. The predicted octanol–water partition coefficient (Wildman–Crippen LogP) is 3.35. The zero-order valence-electron chi connectivity index (χ0n) is 8.97. The Morgan fingerprint density at radius 3 is 2.46 bits per heavy atom. The number of carbonyl (C=O) groups excluding carboxylic acids is 1.